The van der Waals surface area contributed by atoms with Gasteiger partial charge in [-0.2, -0.15) is 0 Å². The van der Waals surface area contributed by atoms with Gasteiger partial charge in [0, 0.05) is 16.8 Å². The van der Waals surface area contributed by atoms with Crippen molar-refractivity contribution in [1.29, 1.82) is 0 Å². The topological polar surface area (TPSA) is 40.5 Å². The highest BCUT2D eigenvalue weighted by Gasteiger charge is 2.31. The van der Waals surface area contributed by atoms with Crippen LogP contribution in [0.4, 0.5) is 0 Å². The van der Waals surface area contributed by atoms with Gasteiger partial charge < -0.3 is 10.2 Å². The quantitative estimate of drug-likeness (QED) is 0.447. The summed E-state index contributed by atoms with van der Waals surface area (Å²) in [6.07, 6.45) is 0. The SMILES string of the molecule is CC(C)(C)c1cc(C(P)c2cc(C(C)(C)C)cc(C(C)(C)C)c2O)c(O)c(C(C)(C)C)c1. The van der Waals surface area contributed by atoms with Gasteiger partial charge in [-0.3, -0.25) is 0 Å². The predicted octanol–water partition coefficient (Wildman–Crippen LogP) is 8.25. The van der Waals surface area contributed by atoms with E-state index in [1.54, 1.807) is 0 Å². The second-order valence-corrected chi connectivity index (χ2v) is 14.1. The minimum absolute atomic E-state index is 0.0568. The van der Waals surface area contributed by atoms with Gasteiger partial charge in [0.2, 0.25) is 0 Å². The highest BCUT2D eigenvalue weighted by atomic mass is 31.0. The third-order valence-corrected chi connectivity index (χ3v) is 7.02. The first kappa shape index (κ1) is 26.7. The smallest absolute Gasteiger partial charge is 0.123 e. The van der Waals surface area contributed by atoms with Crippen LogP contribution in [0.3, 0.4) is 0 Å². The first-order valence-corrected chi connectivity index (χ1v) is 12.3. The molecule has 0 radical (unpaired) electrons. The molecule has 2 aromatic rings. The van der Waals surface area contributed by atoms with Crippen LogP contribution in [0.25, 0.3) is 0 Å². The van der Waals surface area contributed by atoms with Crippen LogP contribution in [-0.2, 0) is 21.7 Å². The highest BCUT2D eigenvalue weighted by molar-refractivity contribution is 7.17. The summed E-state index contributed by atoms with van der Waals surface area (Å²) in [5.41, 5.74) is 5.19. The fourth-order valence-electron chi connectivity index (χ4n) is 3.96. The largest absolute Gasteiger partial charge is 0.507 e. The highest BCUT2D eigenvalue weighted by Crippen LogP contribution is 2.48. The van der Waals surface area contributed by atoms with E-state index in [1.165, 1.54) is 11.1 Å². The first-order valence-electron chi connectivity index (χ1n) is 11.7. The van der Waals surface area contributed by atoms with Gasteiger partial charge in [0.25, 0.3) is 0 Å². The van der Waals surface area contributed by atoms with E-state index < -0.39 is 0 Å². The molecule has 1 unspecified atom stereocenters. The lowest BCUT2D eigenvalue weighted by Crippen LogP contribution is -2.19. The number of phenols is 2. The molecule has 0 heterocycles. The maximum atomic E-state index is 11.4. The Morgan fingerprint density at radius 1 is 0.531 bits per heavy atom. The summed E-state index contributed by atoms with van der Waals surface area (Å²) < 4.78 is 0. The van der Waals surface area contributed by atoms with Crippen LogP contribution in [0.15, 0.2) is 24.3 Å². The van der Waals surface area contributed by atoms with E-state index in [0.717, 1.165) is 22.3 Å². The lowest BCUT2D eigenvalue weighted by Gasteiger charge is -2.31. The lowest BCUT2D eigenvalue weighted by molar-refractivity contribution is 0.432. The molecule has 2 rings (SSSR count). The number of rotatable bonds is 2. The van der Waals surface area contributed by atoms with Crippen molar-refractivity contribution in [3.8, 4) is 11.5 Å². The van der Waals surface area contributed by atoms with Gasteiger partial charge in [-0.25, -0.2) is 0 Å². The molecule has 0 aliphatic rings. The van der Waals surface area contributed by atoms with Crippen molar-refractivity contribution in [1.82, 2.24) is 0 Å². The molecule has 0 bridgehead atoms. The van der Waals surface area contributed by atoms with Gasteiger partial charge in [-0.1, -0.05) is 107 Å². The van der Waals surface area contributed by atoms with Crippen molar-refractivity contribution in [3.05, 3.63) is 57.6 Å². The Bertz CT molecular complexity index is 909. The number of hydrogen-bond acceptors (Lipinski definition) is 2. The van der Waals surface area contributed by atoms with Crippen LogP contribution in [0.1, 0.15) is 122 Å². The Balaban J connectivity index is 2.89. The van der Waals surface area contributed by atoms with Crippen LogP contribution < -0.4 is 0 Å². The van der Waals surface area contributed by atoms with E-state index in [4.69, 9.17) is 0 Å². The normalized spacial score (nSPS) is 13.7. The molecule has 1 atom stereocenters. The molecule has 0 saturated carbocycles. The third-order valence-electron chi connectivity index (χ3n) is 6.30. The molecule has 32 heavy (non-hydrogen) atoms. The molecule has 3 heteroatoms. The average Bonchev–Trinajstić information content (AvgIpc) is 2.57. The zero-order valence-corrected chi connectivity index (χ0v) is 23.5. The van der Waals surface area contributed by atoms with Gasteiger partial charge >= 0.3 is 0 Å². The maximum absolute atomic E-state index is 11.4. The van der Waals surface area contributed by atoms with E-state index in [2.05, 4.69) is 117 Å². The van der Waals surface area contributed by atoms with Crippen molar-refractivity contribution in [2.45, 2.75) is 110 Å². The zero-order chi connectivity index (χ0) is 25.0. The Hall–Kier alpha value is -1.53. The lowest BCUT2D eigenvalue weighted by atomic mass is 9.76. The van der Waals surface area contributed by atoms with E-state index in [-0.39, 0.29) is 27.3 Å². The monoisotopic (exact) mass is 456 g/mol. The number of phenolic OH excluding ortho intramolecular Hbond substituents is 2. The van der Waals surface area contributed by atoms with Gasteiger partial charge in [0.15, 0.2) is 0 Å². The minimum Gasteiger partial charge on any atom is -0.507 e. The molecule has 0 amide bonds. The summed E-state index contributed by atoms with van der Waals surface area (Å²) in [6, 6.07) is 8.51. The van der Waals surface area contributed by atoms with Crippen LogP contribution in [-0.4, -0.2) is 10.2 Å². The average molecular weight is 457 g/mol. The van der Waals surface area contributed by atoms with E-state index in [1.807, 2.05) is 0 Å². The summed E-state index contributed by atoms with van der Waals surface area (Å²) in [5.74, 6) is 0.645. The number of benzene rings is 2. The molecule has 178 valence electrons. The first-order chi connectivity index (χ1) is 14.2. The number of hydrogen-bond donors (Lipinski definition) is 2. The van der Waals surface area contributed by atoms with Gasteiger partial charge in [0.05, 0.1) is 0 Å². The molecule has 0 spiro atoms. The van der Waals surface area contributed by atoms with Gasteiger partial charge in [0.1, 0.15) is 11.5 Å². The molecule has 2 nitrogen and oxygen atoms in total. The molecular weight excluding hydrogens is 411 g/mol. The Kier molecular flexibility index (Phi) is 6.98. The molecule has 0 fully saturated rings. The Morgan fingerprint density at radius 3 is 1.03 bits per heavy atom. The van der Waals surface area contributed by atoms with Gasteiger partial charge in [-0.05, 0) is 43.9 Å². The van der Waals surface area contributed by atoms with Crippen molar-refractivity contribution >= 4 is 9.24 Å². The summed E-state index contributed by atoms with van der Waals surface area (Å²) in [6.45, 7) is 26.0. The summed E-state index contributed by atoms with van der Waals surface area (Å²) in [7, 11) is 2.89. The summed E-state index contributed by atoms with van der Waals surface area (Å²) in [4.78, 5) is 0. The predicted molar refractivity (Wildman–Crippen MR) is 143 cm³/mol. The Labute approximate surface area is 199 Å². The zero-order valence-electron chi connectivity index (χ0n) is 22.4. The van der Waals surface area contributed by atoms with Crippen molar-refractivity contribution in [2.24, 2.45) is 0 Å². The van der Waals surface area contributed by atoms with Crippen LogP contribution in [0, 0.1) is 0 Å². The Morgan fingerprint density at radius 2 is 0.812 bits per heavy atom. The second-order valence-electron chi connectivity index (χ2n) is 13.4. The fraction of sp³-hybridized carbons (Fsp3) is 0.586. The van der Waals surface area contributed by atoms with E-state index in [9.17, 15) is 10.2 Å². The van der Waals surface area contributed by atoms with Crippen LogP contribution >= 0.6 is 9.24 Å². The van der Waals surface area contributed by atoms with Gasteiger partial charge in [-0.15, -0.1) is 9.24 Å². The van der Waals surface area contributed by atoms with E-state index >= 15 is 0 Å². The minimum atomic E-state index is -0.234. The van der Waals surface area contributed by atoms with Crippen molar-refractivity contribution < 1.29 is 10.2 Å². The van der Waals surface area contributed by atoms with Crippen molar-refractivity contribution in [3.63, 3.8) is 0 Å². The molecule has 2 N–H and O–H groups in total. The molecule has 2 aromatic carbocycles. The molecule has 0 aliphatic heterocycles. The second kappa shape index (κ2) is 8.35. The standard InChI is InChI=1S/C29H45O2P/c1-26(2,3)17-13-19(23(30)21(15-17)28(7,8)9)25(32)20-14-18(27(4,5)6)16-22(24(20)31)29(10,11)12/h13-16,25,30-31H,32H2,1-12H3. The molecular formula is C29H45O2P. The third kappa shape index (κ3) is 5.51. The molecule has 0 aliphatic carbocycles. The molecule has 0 aromatic heterocycles. The van der Waals surface area contributed by atoms with E-state index in [0.29, 0.717) is 11.5 Å². The summed E-state index contributed by atoms with van der Waals surface area (Å²) in [5, 5.41) is 22.8. The van der Waals surface area contributed by atoms with Crippen LogP contribution in [0.2, 0.25) is 0 Å². The maximum Gasteiger partial charge on any atom is 0.123 e. The summed E-state index contributed by atoms with van der Waals surface area (Å²) >= 11 is 0. The molecule has 0 saturated heterocycles. The number of aromatic hydroxyl groups is 2. The van der Waals surface area contributed by atoms with Crippen molar-refractivity contribution in [2.75, 3.05) is 0 Å². The van der Waals surface area contributed by atoms with Crippen LogP contribution in [0.5, 0.6) is 11.5 Å². The fourth-order valence-corrected chi connectivity index (χ4v) is 4.47.